The topological polar surface area (TPSA) is 121 Å². The lowest BCUT2D eigenvalue weighted by atomic mass is 10.1. The van der Waals surface area contributed by atoms with Gasteiger partial charge in [-0.2, -0.15) is 9.61 Å². The standard InChI is InChI=1S/C13H15N7O2/c1-7(3-9-4-8(2)18-19-9)17-11(21)10-5-14-13-15-6-16-20(13)12(10)22/h4-7H,3H2,1-2H3,(H,17,21)(H,18,19)(H,14,15,16)/t7-/m0/s1. The fourth-order valence-electron chi connectivity index (χ4n) is 2.20. The van der Waals surface area contributed by atoms with Crippen molar-refractivity contribution in [3.8, 4) is 0 Å². The maximum absolute atomic E-state index is 12.2. The predicted molar refractivity (Wildman–Crippen MR) is 77.6 cm³/mol. The molecule has 9 heteroatoms. The Balaban J connectivity index is 1.75. The van der Waals surface area contributed by atoms with E-state index >= 15 is 0 Å². The van der Waals surface area contributed by atoms with E-state index in [-0.39, 0.29) is 17.4 Å². The van der Waals surface area contributed by atoms with Crippen molar-refractivity contribution in [3.05, 3.63) is 45.9 Å². The van der Waals surface area contributed by atoms with Gasteiger partial charge in [0, 0.05) is 24.4 Å². The minimum atomic E-state index is -0.484. The minimum Gasteiger partial charge on any atom is -0.349 e. The van der Waals surface area contributed by atoms with Crippen LogP contribution in [0.3, 0.4) is 0 Å². The molecule has 0 spiro atoms. The summed E-state index contributed by atoms with van der Waals surface area (Å²) in [6, 6.07) is 1.74. The third kappa shape index (κ3) is 2.60. The molecule has 3 N–H and O–H groups in total. The summed E-state index contributed by atoms with van der Waals surface area (Å²) in [7, 11) is 0. The average molecular weight is 301 g/mol. The van der Waals surface area contributed by atoms with Gasteiger partial charge >= 0.3 is 0 Å². The molecule has 1 atom stereocenters. The highest BCUT2D eigenvalue weighted by Crippen LogP contribution is 2.02. The number of rotatable bonds is 4. The number of nitrogens with one attached hydrogen (secondary N) is 3. The second-order valence-electron chi connectivity index (χ2n) is 5.12. The van der Waals surface area contributed by atoms with Crippen LogP contribution >= 0.6 is 0 Å². The first kappa shape index (κ1) is 14.0. The van der Waals surface area contributed by atoms with Gasteiger partial charge in [-0.3, -0.25) is 19.8 Å². The number of nitrogens with zero attached hydrogens (tertiary/aromatic N) is 4. The number of carbonyl (C=O) groups is 1. The number of amides is 1. The Kier molecular flexibility index (Phi) is 3.45. The van der Waals surface area contributed by atoms with Crippen LogP contribution in [0.5, 0.6) is 0 Å². The first-order valence-electron chi connectivity index (χ1n) is 6.77. The molecular weight excluding hydrogens is 286 g/mol. The monoisotopic (exact) mass is 301 g/mol. The Bertz CT molecular complexity index is 876. The number of hydrogen-bond acceptors (Lipinski definition) is 5. The molecule has 0 aromatic carbocycles. The van der Waals surface area contributed by atoms with Gasteiger partial charge in [0.25, 0.3) is 17.2 Å². The van der Waals surface area contributed by atoms with Crippen molar-refractivity contribution in [2.24, 2.45) is 0 Å². The molecule has 22 heavy (non-hydrogen) atoms. The van der Waals surface area contributed by atoms with Crippen LogP contribution in [0.4, 0.5) is 0 Å². The zero-order chi connectivity index (χ0) is 15.7. The molecule has 0 unspecified atom stereocenters. The number of carbonyl (C=O) groups excluding carboxylic acids is 1. The Hall–Kier alpha value is -2.97. The molecule has 0 aliphatic carbocycles. The van der Waals surface area contributed by atoms with Crippen LogP contribution in [0.25, 0.3) is 5.78 Å². The van der Waals surface area contributed by atoms with E-state index in [1.165, 1.54) is 12.5 Å². The van der Waals surface area contributed by atoms with Crippen LogP contribution in [0.15, 0.2) is 23.4 Å². The summed E-state index contributed by atoms with van der Waals surface area (Å²) < 4.78 is 1.12. The van der Waals surface area contributed by atoms with E-state index in [2.05, 4.69) is 30.6 Å². The van der Waals surface area contributed by atoms with Gasteiger partial charge in [0.2, 0.25) is 0 Å². The van der Waals surface area contributed by atoms with Crippen molar-refractivity contribution in [2.45, 2.75) is 26.3 Å². The van der Waals surface area contributed by atoms with Crippen molar-refractivity contribution >= 4 is 11.7 Å². The number of aryl methyl sites for hydroxylation is 1. The van der Waals surface area contributed by atoms with E-state index in [4.69, 9.17) is 0 Å². The summed E-state index contributed by atoms with van der Waals surface area (Å²) >= 11 is 0. The Labute approximate surface area is 124 Å². The average Bonchev–Trinajstić information content (AvgIpc) is 3.08. The van der Waals surface area contributed by atoms with Crippen LogP contribution < -0.4 is 10.9 Å². The summed E-state index contributed by atoms with van der Waals surface area (Å²) in [6.45, 7) is 3.76. The summed E-state index contributed by atoms with van der Waals surface area (Å²) in [5.41, 5.74) is 1.29. The van der Waals surface area contributed by atoms with E-state index in [9.17, 15) is 9.59 Å². The van der Waals surface area contributed by atoms with Crippen molar-refractivity contribution in [1.82, 2.24) is 35.1 Å². The van der Waals surface area contributed by atoms with E-state index in [0.717, 1.165) is 15.9 Å². The summed E-state index contributed by atoms with van der Waals surface area (Å²) in [6.07, 6.45) is 3.14. The lowest BCUT2D eigenvalue weighted by Gasteiger charge is -2.12. The SMILES string of the molecule is Cc1cc(C[C@H](C)NC(=O)c2cnc3nc[nH]n3c2=O)n[nH]1. The van der Waals surface area contributed by atoms with E-state index < -0.39 is 11.5 Å². The normalized spacial score (nSPS) is 12.5. The van der Waals surface area contributed by atoms with Crippen LogP contribution in [-0.4, -0.2) is 41.7 Å². The van der Waals surface area contributed by atoms with E-state index in [1.54, 1.807) is 0 Å². The molecule has 3 heterocycles. The Morgan fingerprint density at radius 2 is 2.27 bits per heavy atom. The van der Waals surface area contributed by atoms with Gasteiger partial charge in [-0.25, -0.2) is 9.97 Å². The molecular formula is C13H15N7O2. The fraction of sp³-hybridized carbons (Fsp3) is 0.308. The molecule has 3 rings (SSSR count). The highest BCUT2D eigenvalue weighted by atomic mass is 16.2. The number of H-pyrrole nitrogens is 2. The lowest BCUT2D eigenvalue weighted by Crippen LogP contribution is -2.38. The van der Waals surface area contributed by atoms with Gasteiger partial charge in [-0.15, -0.1) is 0 Å². The molecule has 0 radical (unpaired) electrons. The van der Waals surface area contributed by atoms with Gasteiger partial charge in [-0.1, -0.05) is 0 Å². The second-order valence-corrected chi connectivity index (χ2v) is 5.12. The van der Waals surface area contributed by atoms with Gasteiger partial charge in [0.15, 0.2) is 0 Å². The number of aromatic amines is 2. The number of aromatic nitrogens is 6. The summed E-state index contributed by atoms with van der Waals surface area (Å²) in [4.78, 5) is 32.2. The third-order valence-electron chi connectivity index (χ3n) is 3.21. The van der Waals surface area contributed by atoms with E-state index in [1.807, 2.05) is 19.9 Å². The molecule has 0 aliphatic rings. The van der Waals surface area contributed by atoms with Gasteiger partial charge in [0.05, 0.1) is 5.69 Å². The molecule has 0 fully saturated rings. The predicted octanol–water partition coefficient (Wildman–Crippen LogP) is -0.190. The molecule has 0 saturated heterocycles. The van der Waals surface area contributed by atoms with Gasteiger partial charge in [0.1, 0.15) is 11.9 Å². The number of hydrogen-bond donors (Lipinski definition) is 3. The van der Waals surface area contributed by atoms with E-state index in [0.29, 0.717) is 6.42 Å². The van der Waals surface area contributed by atoms with Crippen molar-refractivity contribution in [2.75, 3.05) is 0 Å². The molecule has 0 aliphatic heterocycles. The molecule has 1 amide bonds. The summed E-state index contributed by atoms with van der Waals surface area (Å²) in [5, 5.41) is 12.4. The van der Waals surface area contributed by atoms with Crippen LogP contribution in [-0.2, 0) is 6.42 Å². The smallest absolute Gasteiger partial charge is 0.286 e. The first-order chi connectivity index (χ1) is 10.5. The van der Waals surface area contributed by atoms with Crippen molar-refractivity contribution in [3.63, 3.8) is 0 Å². The zero-order valence-corrected chi connectivity index (χ0v) is 12.1. The van der Waals surface area contributed by atoms with Crippen LogP contribution in [0.1, 0.15) is 28.7 Å². The minimum absolute atomic E-state index is 0.0354. The molecule has 114 valence electrons. The van der Waals surface area contributed by atoms with Crippen molar-refractivity contribution in [1.29, 1.82) is 0 Å². The molecule has 0 bridgehead atoms. The number of fused-ring (bicyclic) bond motifs is 1. The lowest BCUT2D eigenvalue weighted by molar-refractivity contribution is 0.0937. The largest absolute Gasteiger partial charge is 0.349 e. The molecule has 0 saturated carbocycles. The van der Waals surface area contributed by atoms with Crippen LogP contribution in [0.2, 0.25) is 0 Å². The van der Waals surface area contributed by atoms with Crippen LogP contribution in [0, 0.1) is 6.92 Å². The quantitative estimate of drug-likeness (QED) is 0.617. The van der Waals surface area contributed by atoms with Gasteiger partial charge < -0.3 is 5.32 Å². The Morgan fingerprint density at radius 3 is 3.00 bits per heavy atom. The maximum atomic E-state index is 12.2. The zero-order valence-electron chi connectivity index (χ0n) is 12.1. The highest BCUT2D eigenvalue weighted by Gasteiger charge is 2.17. The molecule has 9 nitrogen and oxygen atoms in total. The van der Waals surface area contributed by atoms with Crippen molar-refractivity contribution < 1.29 is 4.79 Å². The molecule has 3 aromatic rings. The highest BCUT2D eigenvalue weighted by molar-refractivity contribution is 5.93. The fourth-order valence-corrected chi connectivity index (χ4v) is 2.20. The first-order valence-corrected chi connectivity index (χ1v) is 6.77. The Morgan fingerprint density at radius 1 is 1.45 bits per heavy atom. The summed E-state index contributed by atoms with van der Waals surface area (Å²) in [5.74, 6) is -0.247. The maximum Gasteiger partial charge on any atom is 0.286 e. The third-order valence-corrected chi connectivity index (χ3v) is 3.21. The van der Waals surface area contributed by atoms with Gasteiger partial charge in [-0.05, 0) is 19.9 Å². The molecule has 3 aromatic heterocycles. The second kappa shape index (κ2) is 5.43.